The highest BCUT2D eigenvalue weighted by molar-refractivity contribution is 9.10. The van der Waals surface area contributed by atoms with E-state index in [1.54, 1.807) is 65.6 Å². The molecule has 0 spiro atoms. The summed E-state index contributed by atoms with van der Waals surface area (Å²) in [6.45, 7) is 9.28. The van der Waals surface area contributed by atoms with Crippen molar-refractivity contribution < 1.29 is 47.0 Å². The molecule has 0 bridgehead atoms. The summed E-state index contributed by atoms with van der Waals surface area (Å²) in [7, 11) is -3.61. The molecule has 7 aromatic rings. The van der Waals surface area contributed by atoms with Gasteiger partial charge in [-0.15, -0.1) is 10.2 Å². The Balaban J connectivity index is 0.000000223. The Bertz CT molecular complexity index is 3770. The molecular formula is C65H78BrN15O10S. The number of hydrogen-bond acceptors (Lipinski definition) is 15. The number of nitrogens with one attached hydrogen (secondary N) is 6. The van der Waals surface area contributed by atoms with Crippen LogP contribution in [-0.2, 0) is 46.8 Å². The van der Waals surface area contributed by atoms with Crippen LogP contribution in [0.1, 0.15) is 102 Å². The number of H-pyrrole nitrogens is 2. The molecule has 3 heterocycles. The van der Waals surface area contributed by atoms with Crippen molar-refractivity contribution in [2.24, 2.45) is 29.4 Å². The van der Waals surface area contributed by atoms with E-state index in [1.165, 1.54) is 4.31 Å². The SMILES string of the molecule is CC(C)(C)OC(=O)NC[C@H]1CC[C@H](C(=O)N(c2ccc(-c3nnn[nH]3)cc2)[C@@H](Cc2cccc(Br)c2)C(N)=O)CC1.Cc1ccc(S(=O)(=O)N2CCCC2)cc1-c1cccc(C[C@H](NC(=O)[C@H]2CC[C@H](CNC(=O)O)CC2)C(=O)Nc2ccc(-c3nnn[nH]3)cc2)c1. The molecule has 3 aliphatic rings. The molecule has 1 aliphatic heterocycles. The number of ether oxygens (including phenoxy) is 1. The first kappa shape index (κ1) is 67.4. The zero-order valence-corrected chi connectivity index (χ0v) is 54.2. The van der Waals surface area contributed by atoms with Gasteiger partial charge in [-0.05, 0) is 225 Å². The fraction of sp³-hybridized carbons (Fsp3) is 0.415. The number of sulfonamides is 1. The molecule has 0 unspecified atom stereocenters. The van der Waals surface area contributed by atoms with Gasteiger partial charge in [-0.25, -0.2) is 28.2 Å². The summed E-state index contributed by atoms with van der Waals surface area (Å²) in [6, 6.07) is 32.8. The molecular weight excluding hydrogens is 1260 g/mol. The van der Waals surface area contributed by atoms with E-state index >= 15 is 0 Å². The maximum absolute atomic E-state index is 14.1. The maximum atomic E-state index is 14.1. The molecule has 2 saturated carbocycles. The van der Waals surface area contributed by atoms with E-state index in [-0.39, 0.29) is 53.2 Å². The molecule has 3 fully saturated rings. The number of carbonyl (C=O) groups excluding carboxylic acids is 5. The standard InChI is InChI=1S/C36H42N8O6S.C29H36BrN7O4/c1-23-7-16-30(51(49,50)44-17-2-3-18-44)21-31(23)28-6-4-5-25(19-28)20-32(39-34(45)27-10-8-24(9-11-27)22-37-36(47)48)35(46)38-29-14-12-26(13-15-29)33-40-42-43-41-33;1-29(2,3)41-28(40)32-17-18-7-9-21(10-8-18)27(39)37(23-13-11-20(12-14-23)26-33-35-36-34-26)24(25(31)38)16-19-5-4-6-22(30)15-19/h4-7,12-16,19,21,24,27,32,37H,2-3,8-11,17-18,20,22H2,1H3,(H,38,46)(H,39,45)(H,47,48)(H,40,41,42,43);4-6,11-15,18,21,24H,7-10,16-17H2,1-3H3,(H2,31,38)(H,32,40)(H,33,34,35,36)/t24-,27-,32-;18-,21-,24-/m00/s1. The predicted molar refractivity (Wildman–Crippen MR) is 348 cm³/mol. The second-order valence-electron chi connectivity index (χ2n) is 24.6. The number of primary amides is 1. The minimum Gasteiger partial charge on any atom is -0.465 e. The van der Waals surface area contributed by atoms with Crippen molar-refractivity contribution in [1.29, 1.82) is 0 Å². The quantitative estimate of drug-likeness (QED) is 0.0333. The molecule has 27 heteroatoms. The summed E-state index contributed by atoms with van der Waals surface area (Å²) in [5, 5.41) is 47.9. The molecule has 92 heavy (non-hydrogen) atoms. The topological polar surface area (TPSA) is 356 Å². The minimum absolute atomic E-state index is 0.142. The summed E-state index contributed by atoms with van der Waals surface area (Å²) in [4.78, 5) is 79.2. The monoisotopic (exact) mass is 1340 g/mol. The lowest BCUT2D eigenvalue weighted by molar-refractivity contribution is -0.130. The fourth-order valence-electron chi connectivity index (χ4n) is 11.9. The van der Waals surface area contributed by atoms with Crippen LogP contribution in [0, 0.1) is 30.6 Å². The van der Waals surface area contributed by atoms with Crippen molar-refractivity contribution in [2.45, 2.75) is 127 Å². The Hall–Kier alpha value is -8.95. The van der Waals surface area contributed by atoms with Crippen molar-refractivity contribution in [3.05, 3.63) is 136 Å². The van der Waals surface area contributed by atoms with E-state index in [2.05, 4.69) is 78.4 Å². The zero-order valence-electron chi connectivity index (χ0n) is 51.8. The molecule has 5 aromatic carbocycles. The van der Waals surface area contributed by atoms with Gasteiger partial charge in [-0.1, -0.05) is 58.4 Å². The van der Waals surface area contributed by atoms with Crippen molar-refractivity contribution in [3.63, 3.8) is 0 Å². The molecule has 0 radical (unpaired) electrons. The number of carbonyl (C=O) groups is 6. The van der Waals surface area contributed by atoms with E-state index in [1.807, 2.05) is 82.3 Å². The maximum Gasteiger partial charge on any atom is 0.407 e. The van der Waals surface area contributed by atoms with Gasteiger partial charge in [0.1, 0.15) is 17.7 Å². The van der Waals surface area contributed by atoms with Crippen LogP contribution in [0.5, 0.6) is 0 Å². The number of halogens is 1. The van der Waals surface area contributed by atoms with Crippen LogP contribution >= 0.6 is 15.9 Å². The molecule has 2 aromatic heterocycles. The number of hydrogen-bond donors (Lipinski definition) is 8. The lowest BCUT2D eigenvalue weighted by Crippen LogP contribution is -2.52. The van der Waals surface area contributed by atoms with Crippen LogP contribution in [0.3, 0.4) is 0 Å². The molecule has 1 saturated heterocycles. The van der Waals surface area contributed by atoms with E-state index in [4.69, 9.17) is 15.6 Å². The molecule has 2 aliphatic carbocycles. The van der Waals surface area contributed by atoms with Gasteiger partial charge in [-0.2, -0.15) is 4.31 Å². The van der Waals surface area contributed by atoms with Gasteiger partial charge in [-0.3, -0.25) is 24.1 Å². The number of aromatic nitrogens is 8. The Kier molecular flexibility index (Phi) is 22.7. The van der Waals surface area contributed by atoms with Crippen LogP contribution in [0.2, 0.25) is 0 Å². The first-order chi connectivity index (χ1) is 44.1. The van der Waals surface area contributed by atoms with Crippen molar-refractivity contribution in [3.8, 4) is 33.9 Å². The highest BCUT2D eigenvalue weighted by Crippen LogP contribution is 2.35. The smallest absolute Gasteiger partial charge is 0.407 e. The highest BCUT2D eigenvalue weighted by atomic mass is 79.9. The van der Waals surface area contributed by atoms with Crippen LogP contribution in [-0.4, -0.2) is 139 Å². The van der Waals surface area contributed by atoms with Crippen LogP contribution in [0.15, 0.2) is 125 Å². The summed E-state index contributed by atoms with van der Waals surface area (Å²) >= 11 is 3.48. The normalized spacial score (nSPS) is 18.2. The van der Waals surface area contributed by atoms with Gasteiger partial charge in [0.25, 0.3) is 0 Å². The summed E-state index contributed by atoms with van der Waals surface area (Å²) in [5.74, 6) is -0.543. The number of carboxylic acid groups (broad SMARTS) is 1. The average molecular weight is 1340 g/mol. The van der Waals surface area contributed by atoms with Gasteiger partial charge in [0.2, 0.25) is 33.7 Å². The zero-order chi connectivity index (χ0) is 65.5. The van der Waals surface area contributed by atoms with Crippen molar-refractivity contribution in [2.75, 3.05) is 36.4 Å². The number of aryl methyl sites for hydroxylation is 1. The fourth-order valence-corrected chi connectivity index (χ4v) is 13.9. The van der Waals surface area contributed by atoms with Crippen LogP contribution < -0.4 is 31.9 Å². The minimum atomic E-state index is -3.61. The van der Waals surface area contributed by atoms with E-state index in [0.717, 1.165) is 69.1 Å². The summed E-state index contributed by atoms with van der Waals surface area (Å²) < 4.78 is 34.5. The summed E-state index contributed by atoms with van der Waals surface area (Å²) in [5.41, 5.74) is 12.1. The molecule has 25 nitrogen and oxygen atoms in total. The second kappa shape index (κ2) is 30.9. The Morgan fingerprint density at radius 3 is 1.86 bits per heavy atom. The van der Waals surface area contributed by atoms with Gasteiger partial charge in [0, 0.05) is 77.8 Å². The number of nitrogens with zero attached hydrogens (tertiary/aromatic N) is 8. The third kappa shape index (κ3) is 18.4. The van der Waals surface area contributed by atoms with Gasteiger partial charge >= 0.3 is 12.2 Å². The first-order valence-electron chi connectivity index (χ1n) is 30.9. The van der Waals surface area contributed by atoms with Crippen LogP contribution in [0.25, 0.3) is 33.9 Å². The number of rotatable bonds is 21. The van der Waals surface area contributed by atoms with Gasteiger partial charge < -0.3 is 36.8 Å². The molecule has 2 atom stereocenters. The molecule has 6 amide bonds. The van der Waals surface area contributed by atoms with Crippen LogP contribution in [0.4, 0.5) is 21.0 Å². The molecule has 9 N–H and O–H groups in total. The second-order valence-corrected chi connectivity index (χ2v) is 27.5. The molecule has 10 rings (SSSR count). The number of anilines is 2. The van der Waals surface area contributed by atoms with E-state index in [9.17, 15) is 37.2 Å². The lowest BCUT2D eigenvalue weighted by Gasteiger charge is -2.36. The lowest BCUT2D eigenvalue weighted by atomic mass is 9.81. The Labute approximate surface area is 542 Å². The van der Waals surface area contributed by atoms with Crippen molar-refractivity contribution >= 4 is 73.1 Å². The highest BCUT2D eigenvalue weighted by Gasteiger charge is 2.37. The number of aromatic amines is 2. The number of tetrazole rings is 2. The summed E-state index contributed by atoms with van der Waals surface area (Å²) in [6.07, 6.45) is 6.06. The predicted octanol–water partition coefficient (Wildman–Crippen LogP) is 8.76. The largest absolute Gasteiger partial charge is 0.465 e. The Morgan fingerprint density at radius 1 is 0.717 bits per heavy atom. The van der Waals surface area contributed by atoms with Gasteiger partial charge in [0.05, 0.1) is 4.90 Å². The number of nitrogens with two attached hydrogens (primary N) is 1. The van der Waals surface area contributed by atoms with Gasteiger partial charge in [0.15, 0.2) is 11.6 Å². The van der Waals surface area contributed by atoms with E-state index < -0.39 is 51.7 Å². The van der Waals surface area contributed by atoms with Crippen molar-refractivity contribution in [1.82, 2.24) is 61.5 Å². The third-order valence-corrected chi connectivity index (χ3v) is 19.2. The number of benzene rings is 5. The Morgan fingerprint density at radius 2 is 1.29 bits per heavy atom. The van der Waals surface area contributed by atoms with E-state index in [0.29, 0.717) is 87.7 Å². The number of amides is 6. The third-order valence-electron chi connectivity index (χ3n) is 16.8. The first-order valence-corrected chi connectivity index (χ1v) is 33.1. The number of alkyl carbamates (subject to hydrolysis) is 1. The molecule has 486 valence electrons. The average Bonchev–Trinajstić information content (AvgIpc) is 1.15.